The number of hydrogen-bond donors (Lipinski definition) is 0. The molecule has 0 aliphatic heterocycles. The van der Waals surface area contributed by atoms with Crippen molar-refractivity contribution in [3.8, 4) is 0 Å². The van der Waals surface area contributed by atoms with Crippen LogP contribution in [0.3, 0.4) is 0 Å². The third-order valence-electron chi connectivity index (χ3n) is 15.7. The molecular weight excluding hydrogens is 937 g/mol. The molecular formula is C70H132O6. The Balaban J connectivity index is 3.95. The second-order valence-electron chi connectivity index (χ2n) is 23.5. The minimum absolute atomic E-state index is 0.0638. The lowest BCUT2D eigenvalue weighted by atomic mass is 10.0. The maximum absolute atomic E-state index is 12.9. The second-order valence-corrected chi connectivity index (χ2v) is 23.5. The van der Waals surface area contributed by atoms with Crippen LogP contribution in [-0.2, 0) is 28.6 Å². The van der Waals surface area contributed by atoms with Crippen LogP contribution < -0.4 is 0 Å². The molecule has 0 aliphatic carbocycles. The van der Waals surface area contributed by atoms with E-state index < -0.39 is 6.10 Å². The molecule has 0 amide bonds. The zero-order valence-corrected chi connectivity index (χ0v) is 51.6. The van der Waals surface area contributed by atoms with Crippen LogP contribution in [0.1, 0.15) is 387 Å². The Labute approximate surface area is 474 Å². The molecule has 1 atom stereocenters. The second kappa shape index (κ2) is 65.4. The van der Waals surface area contributed by atoms with E-state index in [1.807, 2.05) is 0 Å². The van der Waals surface area contributed by atoms with Gasteiger partial charge in [0.15, 0.2) is 6.10 Å². The van der Waals surface area contributed by atoms with Crippen LogP contribution in [-0.4, -0.2) is 37.2 Å². The van der Waals surface area contributed by atoms with Crippen molar-refractivity contribution in [1.82, 2.24) is 0 Å². The van der Waals surface area contributed by atoms with Gasteiger partial charge < -0.3 is 14.2 Å². The molecule has 6 heteroatoms. The smallest absolute Gasteiger partial charge is 0.306 e. The standard InChI is InChI=1S/C70H132O6/c1-4-7-10-13-16-18-20-22-24-26-28-29-30-31-32-33-34-35-36-37-38-39-40-41-42-44-45-47-49-51-54-57-60-63-69(72)75-66-67(65-74-68(71)62-59-56-53-15-12-9-6-3)76-70(73)64-61-58-55-52-50-48-46-43-27-25-23-21-19-17-14-11-8-5-2/h20,22,26,28,67H,4-19,21,23-25,27,29-66H2,1-3H3/b22-20-,28-26-. The van der Waals surface area contributed by atoms with Gasteiger partial charge in [-0.15, -0.1) is 0 Å². The summed E-state index contributed by atoms with van der Waals surface area (Å²) >= 11 is 0. The van der Waals surface area contributed by atoms with E-state index in [2.05, 4.69) is 45.1 Å². The quantitative estimate of drug-likeness (QED) is 0.0261. The lowest BCUT2D eigenvalue weighted by molar-refractivity contribution is -0.167. The van der Waals surface area contributed by atoms with E-state index in [1.54, 1.807) is 0 Å². The number of esters is 3. The van der Waals surface area contributed by atoms with Crippen molar-refractivity contribution in [2.45, 2.75) is 393 Å². The Morgan fingerprint density at radius 1 is 0.263 bits per heavy atom. The highest BCUT2D eigenvalue weighted by molar-refractivity contribution is 5.71. The predicted molar refractivity (Wildman–Crippen MR) is 330 cm³/mol. The summed E-state index contributed by atoms with van der Waals surface area (Å²) < 4.78 is 16.9. The van der Waals surface area contributed by atoms with Gasteiger partial charge in [-0.1, -0.05) is 340 Å². The van der Waals surface area contributed by atoms with Crippen LogP contribution in [0.4, 0.5) is 0 Å². The first kappa shape index (κ1) is 73.9. The first-order valence-corrected chi connectivity index (χ1v) is 34.3. The number of unbranched alkanes of at least 4 members (excludes halogenated alkanes) is 49. The number of ether oxygens (including phenoxy) is 3. The lowest BCUT2D eigenvalue weighted by Gasteiger charge is -2.18. The largest absolute Gasteiger partial charge is 0.462 e. The third-order valence-corrected chi connectivity index (χ3v) is 15.7. The summed E-state index contributed by atoms with van der Waals surface area (Å²) in [6.07, 6.45) is 79.6. The van der Waals surface area contributed by atoms with E-state index in [0.29, 0.717) is 19.3 Å². The third kappa shape index (κ3) is 62.7. The molecule has 0 bridgehead atoms. The van der Waals surface area contributed by atoms with Crippen molar-refractivity contribution in [3.05, 3.63) is 24.3 Å². The highest BCUT2D eigenvalue weighted by atomic mass is 16.6. The number of carbonyl (C=O) groups excluding carboxylic acids is 3. The monoisotopic (exact) mass is 1070 g/mol. The van der Waals surface area contributed by atoms with E-state index >= 15 is 0 Å². The Morgan fingerprint density at radius 3 is 0.724 bits per heavy atom. The fourth-order valence-electron chi connectivity index (χ4n) is 10.5. The average Bonchev–Trinajstić information content (AvgIpc) is 3.42. The Bertz CT molecular complexity index is 1230. The van der Waals surface area contributed by atoms with E-state index in [-0.39, 0.29) is 31.1 Å². The maximum atomic E-state index is 12.9. The van der Waals surface area contributed by atoms with Crippen molar-refractivity contribution in [2.75, 3.05) is 13.2 Å². The summed E-state index contributed by atoms with van der Waals surface area (Å²) in [6, 6.07) is 0. The van der Waals surface area contributed by atoms with E-state index in [0.717, 1.165) is 64.2 Å². The summed E-state index contributed by atoms with van der Waals surface area (Å²) in [5, 5.41) is 0. The minimum Gasteiger partial charge on any atom is -0.462 e. The van der Waals surface area contributed by atoms with Crippen molar-refractivity contribution in [2.24, 2.45) is 0 Å². The van der Waals surface area contributed by atoms with Gasteiger partial charge >= 0.3 is 17.9 Å². The fourth-order valence-corrected chi connectivity index (χ4v) is 10.5. The van der Waals surface area contributed by atoms with Crippen LogP contribution in [0.25, 0.3) is 0 Å². The minimum atomic E-state index is -0.763. The molecule has 6 nitrogen and oxygen atoms in total. The average molecular weight is 1070 g/mol. The van der Waals surface area contributed by atoms with Gasteiger partial charge in [-0.2, -0.15) is 0 Å². The van der Waals surface area contributed by atoms with Crippen molar-refractivity contribution < 1.29 is 28.6 Å². The summed E-state index contributed by atoms with van der Waals surface area (Å²) in [5.41, 5.74) is 0. The molecule has 0 heterocycles. The van der Waals surface area contributed by atoms with Gasteiger partial charge in [0, 0.05) is 19.3 Å². The summed E-state index contributed by atoms with van der Waals surface area (Å²) in [5.74, 6) is -0.842. The predicted octanol–water partition coefficient (Wildman–Crippen LogP) is 23.4. The van der Waals surface area contributed by atoms with Gasteiger partial charge in [0.1, 0.15) is 13.2 Å². The molecule has 0 saturated heterocycles. The van der Waals surface area contributed by atoms with Gasteiger partial charge in [0.2, 0.25) is 0 Å². The molecule has 0 radical (unpaired) electrons. The summed E-state index contributed by atoms with van der Waals surface area (Å²) in [7, 11) is 0. The number of rotatable bonds is 64. The molecule has 0 aromatic rings. The normalized spacial score (nSPS) is 12.1. The molecule has 0 fully saturated rings. The zero-order chi connectivity index (χ0) is 55.0. The SMILES string of the molecule is CCCCCCC/C=C\C/C=C\CCCCCCCCCCCCCCCCCCCCCCCC(=O)OCC(COC(=O)CCCCCCCCC)OC(=O)CCCCCCCCCCCCCCCCCCCC. The molecule has 0 aromatic carbocycles. The Kier molecular flexibility index (Phi) is 63.6. The topological polar surface area (TPSA) is 78.9 Å². The highest BCUT2D eigenvalue weighted by Gasteiger charge is 2.19. The van der Waals surface area contributed by atoms with Gasteiger partial charge in [-0.05, 0) is 51.4 Å². The van der Waals surface area contributed by atoms with Crippen LogP contribution in [0, 0.1) is 0 Å². The first-order valence-electron chi connectivity index (χ1n) is 34.3. The van der Waals surface area contributed by atoms with Gasteiger partial charge in [0.25, 0.3) is 0 Å². The highest BCUT2D eigenvalue weighted by Crippen LogP contribution is 2.19. The lowest BCUT2D eigenvalue weighted by Crippen LogP contribution is -2.30. The van der Waals surface area contributed by atoms with Gasteiger partial charge in [0.05, 0.1) is 0 Å². The van der Waals surface area contributed by atoms with E-state index in [1.165, 1.54) is 283 Å². The Hall–Kier alpha value is -2.11. The number of hydrogen-bond acceptors (Lipinski definition) is 6. The van der Waals surface area contributed by atoms with Crippen LogP contribution in [0.15, 0.2) is 24.3 Å². The van der Waals surface area contributed by atoms with E-state index in [9.17, 15) is 14.4 Å². The molecule has 0 aliphatic rings. The Morgan fingerprint density at radius 2 is 0.474 bits per heavy atom. The van der Waals surface area contributed by atoms with Crippen molar-refractivity contribution >= 4 is 17.9 Å². The van der Waals surface area contributed by atoms with Gasteiger partial charge in [-0.25, -0.2) is 0 Å². The molecule has 0 spiro atoms. The van der Waals surface area contributed by atoms with Crippen LogP contribution >= 0.6 is 0 Å². The molecule has 0 aromatic heterocycles. The molecule has 448 valence electrons. The molecule has 1 unspecified atom stereocenters. The number of carbonyl (C=O) groups is 3. The molecule has 0 rings (SSSR count). The van der Waals surface area contributed by atoms with E-state index in [4.69, 9.17) is 14.2 Å². The maximum Gasteiger partial charge on any atom is 0.306 e. The summed E-state index contributed by atoms with van der Waals surface area (Å²) in [6.45, 7) is 6.66. The summed E-state index contributed by atoms with van der Waals surface area (Å²) in [4.78, 5) is 38.1. The zero-order valence-electron chi connectivity index (χ0n) is 51.6. The molecule has 0 N–H and O–H groups in total. The van der Waals surface area contributed by atoms with Crippen molar-refractivity contribution in [3.63, 3.8) is 0 Å². The van der Waals surface area contributed by atoms with Crippen LogP contribution in [0.5, 0.6) is 0 Å². The molecule has 76 heavy (non-hydrogen) atoms. The van der Waals surface area contributed by atoms with Crippen LogP contribution in [0.2, 0.25) is 0 Å². The number of allylic oxidation sites excluding steroid dienone is 4. The fraction of sp³-hybridized carbons (Fsp3) is 0.900. The van der Waals surface area contributed by atoms with Gasteiger partial charge in [-0.3, -0.25) is 14.4 Å². The van der Waals surface area contributed by atoms with Crippen molar-refractivity contribution in [1.29, 1.82) is 0 Å². The molecule has 0 saturated carbocycles. The first-order chi connectivity index (χ1) is 37.5.